The third-order valence-electron chi connectivity index (χ3n) is 3.40. The van der Waals surface area contributed by atoms with Gasteiger partial charge in [-0.2, -0.15) is 4.99 Å². The molecule has 3 rings (SSSR count). The second kappa shape index (κ2) is 4.58. The minimum absolute atomic E-state index is 0. The van der Waals surface area contributed by atoms with Gasteiger partial charge >= 0.3 is 0 Å². The minimum atomic E-state index is -0.0177. The van der Waals surface area contributed by atoms with Crippen LogP contribution in [0.3, 0.4) is 0 Å². The minimum Gasteiger partial charge on any atom is -0.329 e. The van der Waals surface area contributed by atoms with E-state index < -0.39 is 0 Å². The molecule has 0 saturated heterocycles. The van der Waals surface area contributed by atoms with Crippen molar-refractivity contribution in [3.8, 4) is 0 Å². The van der Waals surface area contributed by atoms with Crippen LogP contribution in [0.5, 0.6) is 0 Å². The van der Waals surface area contributed by atoms with E-state index in [1.54, 1.807) is 0 Å². The third-order valence-corrected chi connectivity index (χ3v) is 3.40. The van der Waals surface area contributed by atoms with Gasteiger partial charge in [0.1, 0.15) is 5.84 Å². The molecular formula is C14H15ClN2O. The van der Waals surface area contributed by atoms with Crippen LogP contribution in [-0.2, 0) is 4.79 Å². The molecule has 2 heterocycles. The largest absolute Gasteiger partial charge is 0.329 e. The molecule has 1 atom stereocenters. The highest BCUT2D eigenvalue weighted by molar-refractivity contribution is 6.22. The molecule has 0 radical (unpaired) electrons. The summed E-state index contributed by atoms with van der Waals surface area (Å²) in [5, 5.41) is 2.37. The zero-order chi connectivity index (χ0) is 12.0. The van der Waals surface area contributed by atoms with Crippen LogP contribution in [0.15, 0.2) is 29.3 Å². The molecule has 4 heteroatoms. The van der Waals surface area contributed by atoms with Crippen molar-refractivity contribution < 1.29 is 4.79 Å². The molecule has 1 unspecified atom stereocenters. The lowest BCUT2D eigenvalue weighted by Crippen LogP contribution is -2.48. The van der Waals surface area contributed by atoms with Gasteiger partial charge in [0, 0.05) is 18.7 Å². The van der Waals surface area contributed by atoms with Crippen LogP contribution in [-0.4, -0.2) is 22.7 Å². The lowest BCUT2D eigenvalue weighted by Gasteiger charge is -2.33. The Labute approximate surface area is 112 Å². The zero-order valence-corrected chi connectivity index (χ0v) is 11.2. The predicted octanol–water partition coefficient (Wildman–Crippen LogP) is 1.05. The summed E-state index contributed by atoms with van der Waals surface area (Å²) in [5.74, 6) is 0.795. The number of amidine groups is 1. The summed E-state index contributed by atoms with van der Waals surface area (Å²) in [6, 6.07) is 8.41. The molecule has 1 aromatic rings. The number of fused-ring (bicyclic) bond motifs is 2. The van der Waals surface area contributed by atoms with E-state index in [0.29, 0.717) is 6.42 Å². The standard InChI is InChI=1S/C14H14N2O.ClH/c1-9-7-13(17)15-14-10(2)12-6-4-3-5-11(12)8-16(9)14;/h3-6,8-9H,7H2,1-2H3;1H. The van der Waals surface area contributed by atoms with Gasteiger partial charge < -0.3 is 4.90 Å². The second-order valence-corrected chi connectivity index (χ2v) is 4.63. The van der Waals surface area contributed by atoms with Gasteiger partial charge in [0.2, 0.25) is 5.91 Å². The van der Waals surface area contributed by atoms with Crippen LogP contribution < -0.4 is 10.4 Å². The first kappa shape index (κ1) is 12.8. The number of nitrogens with zero attached hydrogens (tertiary/aromatic N) is 2. The lowest BCUT2D eigenvalue weighted by molar-refractivity contribution is -0.119. The fourth-order valence-electron chi connectivity index (χ4n) is 2.47. The number of carbonyl (C=O) groups is 1. The topological polar surface area (TPSA) is 32.7 Å². The summed E-state index contributed by atoms with van der Waals surface area (Å²) < 4.78 is 0. The van der Waals surface area contributed by atoms with E-state index in [2.05, 4.69) is 35.1 Å². The van der Waals surface area contributed by atoms with Gasteiger partial charge in [-0.25, -0.2) is 0 Å². The SMILES string of the molecule is CC1=c2ccccc2=CN2C1=NC(=O)CC2C.Cl. The molecule has 0 saturated carbocycles. The molecule has 0 N–H and O–H groups in total. The molecule has 0 aromatic heterocycles. The summed E-state index contributed by atoms with van der Waals surface area (Å²) in [5.41, 5.74) is 1.09. The highest BCUT2D eigenvalue weighted by atomic mass is 35.5. The monoisotopic (exact) mass is 262 g/mol. The number of aliphatic imine (C=N–C) groups is 1. The molecule has 0 fully saturated rings. The number of hydrogen-bond donors (Lipinski definition) is 0. The molecule has 2 aliphatic heterocycles. The third kappa shape index (κ3) is 1.85. The van der Waals surface area contributed by atoms with Crippen LogP contribution in [0, 0.1) is 0 Å². The summed E-state index contributed by atoms with van der Waals surface area (Å²) in [7, 11) is 0. The zero-order valence-electron chi connectivity index (χ0n) is 10.4. The first-order valence-corrected chi connectivity index (χ1v) is 5.85. The summed E-state index contributed by atoms with van der Waals surface area (Å²) in [4.78, 5) is 17.8. The number of benzene rings is 1. The maximum absolute atomic E-state index is 11.5. The quantitative estimate of drug-likeness (QED) is 0.700. The molecular weight excluding hydrogens is 248 g/mol. The molecule has 0 spiro atoms. The van der Waals surface area contributed by atoms with Crippen LogP contribution in [0.25, 0.3) is 11.8 Å². The number of amides is 1. The molecule has 3 nitrogen and oxygen atoms in total. The summed E-state index contributed by atoms with van der Waals surface area (Å²) in [6.07, 6.45) is 2.59. The maximum atomic E-state index is 11.5. The van der Waals surface area contributed by atoms with Crippen molar-refractivity contribution in [3.63, 3.8) is 0 Å². The van der Waals surface area contributed by atoms with Gasteiger partial charge in [0.05, 0.1) is 0 Å². The van der Waals surface area contributed by atoms with Gasteiger partial charge in [-0.05, 0) is 29.9 Å². The Kier molecular flexibility index (Phi) is 3.26. The Hall–Kier alpha value is -1.61. The Bertz CT molecular complexity index is 648. The van der Waals surface area contributed by atoms with Crippen molar-refractivity contribution in [2.45, 2.75) is 26.3 Å². The first-order chi connectivity index (χ1) is 8.16. The average Bonchev–Trinajstić information content (AvgIpc) is 2.31. The maximum Gasteiger partial charge on any atom is 0.249 e. The first-order valence-electron chi connectivity index (χ1n) is 5.85. The van der Waals surface area contributed by atoms with Crippen molar-refractivity contribution in [1.82, 2.24) is 4.90 Å². The van der Waals surface area contributed by atoms with Crippen molar-refractivity contribution in [1.29, 1.82) is 0 Å². The van der Waals surface area contributed by atoms with Crippen LogP contribution in [0.2, 0.25) is 0 Å². The fraction of sp³-hybridized carbons (Fsp3) is 0.286. The smallest absolute Gasteiger partial charge is 0.249 e. The van der Waals surface area contributed by atoms with Crippen LogP contribution in [0.4, 0.5) is 0 Å². The van der Waals surface area contributed by atoms with E-state index in [4.69, 9.17) is 0 Å². The number of hydrogen-bond acceptors (Lipinski definition) is 2. The Morgan fingerprint density at radius 1 is 1.33 bits per heavy atom. The van der Waals surface area contributed by atoms with Gasteiger partial charge in [0.15, 0.2) is 0 Å². The van der Waals surface area contributed by atoms with E-state index >= 15 is 0 Å². The highest BCUT2D eigenvalue weighted by Gasteiger charge is 2.27. The molecule has 1 amide bonds. The van der Waals surface area contributed by atoms with Crippen molar-refractivity contribution in [3.05, 3.63) is 34.7 Å². The molecule has 18 heavy (non-hydrogen) atoms. The fourth-order valence-corrected chi connectivity index (χ4v) is 2.47. The number of carbonyl (C=O) groups excluding carboxylic acids is 1. The second-order valence-electron chi connectivity index (χ2n) is 4.63. The predicted molar refractivity (Wildman–Crippen MR) is 74.8 cm³/mol. The Morgan fingerprint density at radius 3 is 2.83 bits per heavy atom. The van der Waals surface area contributed by atoms with Crippen molar-refractivity contribution >= 4 is 35.9 Å². The van der Waals surface area contributed by atoms with Crippen molar-refractivity contribution in [2.75, 3.05) is 0 Å². The number of rotatable bonds is 0. The van der Waals surface area contributed by atoms with E-state index in [1.807, 2.05) is 19.1 Å². The molecule has 0 bridgehead atoms. The lowest BCUT2D eigenvalue weighted by atomic mass is 10.0. The Morgan fingerprint density at radius 2 is 2.06 bits per heavy atom. The molecule has 0 aliphatic carbocycles. The molecule has 2 aliphatic rings. The molecule has 1 aromatic carbocycles. The van der Waals surface area contributed by atoms with E-state index in [9.17, 15) is 4.79 Å². The van der Waals surface area contributed by atoms with Gasteiger partial charge in [-0.15, -0.1) is 12.4 Å². The average molecular weight is 263 g/mol. The summed E-state index contributed by atoms with van der Waals surface area (Å²) >= 11 is 0. The van der Waals surface area contributed by atoms with Crippen molar-refractivity contribution in [2.24, 2.45) is 4.99 Å². The van der Waals surface area contributed by atoms with Crippen LogP contribution in [0.1, 0.15) is 20.3 Å². The Balaban J connectivity index is 0.00000120. The van der Waals surface area contributed by atoms with Gasteiger partial charge in [-0.3, -0.25) is 4.79 Å². The summed E-state index contributed by atoms with van der Waals surface area (Å²) in [6.45, 7) is 4.09. The normalized spacial score (nSPS) is 21.3. The van der Waals surface area contributed by atoms with E-state index in [1.165, 1.54) is 10.4 Å². The number of halogens is 1. The van der Waals surface area contributed by atoms with E-state index in [0.717, 1.165) is 11.4 Å². The highest BCUT2D eigenvalue weighted by Crippen LogP contribution is 2.18. The molecule has 94 valence electrons. The van der Waals surface area contributed by atoms with Gasteiger partial charge in [0.25, 0.3) is 0 Å². The van der Waals surface area contributed by atoms with E-state index in [-0.39, 0.29) is 24.4 Å². The van der Waals surface area contributed by atoms with Gasteiger partial charge in [-0.1, -0.05) is 24.3 Å². The van der Waals surface area contributed by atoms with Crippen LogP contribution >= 0.6 is 12.4 Å².